The summed E-state index contributed by atoms with van der Waals surface area (Å²) in [7, 11) is -2.25. The molecule has 0 atom stereocenters. The summed E-state index contributed by atoms with van der Waals surface area (Å²) in [6, 6.07) is 12.4. The van der Waals surface area contributed by atoms with Crippen molar-refractivity contribution >= 4 is 21.7 Å². The summed E-state index contributed by atoms with van der Waals surface area (Å²) in [4.78, 5) is 18.2. The first-order chi connectivity index (χ1) is 14.0. The average Bonchev–Trinajstić information content (AvgIpc) is 2.77. The highest BCUT2D eigenvalue weighted by Gasteiger charge is 2.35. The van der Waals surface area contributed by atoms with E-state index >= 15 is 0 Å². The summed E-state index contributed by atoms with van der Waals surface area (Å²) in [6.07, 6.45) is 2.65. The molecular formula is C21H27N3O4S. The lowest BCUT2D eigenvalue weighted by Crippen LogP contribution is -2.45. The number of piperidine rings is 1. The zero-order chi connectivity index (χ0) is 20.9. The number of benzene rings is 1. The number of para-hydroxylation sites is 1. The molecule has 0 radical (unpaired) electrons. The van der Waals surface area contributed by atoms with Gasteiger partial charge in [-0.1, -0.05) is 25.1 Å². The second kappa shape index (κ2) is 9.37. The Balaban J connectivity index is 1.86. The van der Waals surface area contributed by atoms with Crippen molar-refractivity contribution < 1.29 is 17.9 Å². The van der Waals surface area contributed by atoms with Crippen LogP contribution in [0.5, 0.6) is 0 Å². The number of anilines is 1. The minimum absolute atomic E-state index is 0.113. The van der Waals surface area contributed by atoms with E-state index in [2.05, 4.69) is 21.5 Å². The monoisotopic (exact) mass is 417 g/mol. The predicted molar refractivity (Wildman–Crippen MR) is 112 cm³/mol. The number of hydrogen-bond acceptors (Lipinski definition) is 6. The molecule has 0 unspecified atom stereocenters. The second-order valence-corrected chi connectivity index (χ2v) is 9.19. The van der Waals surface area contributed by atoms with E-state index in [1.807, 2.05) is 18.2 Å². The van der Waals surface area contributed by atoms with Crippen LogP contribution in [0.15, 0.2) is 48.7 Å². The van der Waals surface area contributed by atoms with Gasteiger partial charge >= 0.3 is 5.97 Å². The number of hydrogen-bond donors (Lipinski definition) is 0. The molecule has 1 aliphatic heterocycles. The van der Waals surface area contributed by atoms with E-state index < -0.39 is 21.2 Å². The molecule has 0 aliphatic carbocycles. The van der Waals surface area contributed by atoms with Crippen molar-refractivity contribution in [3.63, 3.8) is 0 Å². The highest BCUT2D eigenvalue weighted by molar-refractivity contribution is 7.93. The first kappa shape index (κ1) is 21.3. The Labute approximate surface area is 172 Å². The van der Waals surface area contributed by atoms with E-state index in [0.717, 1.165) is 19.6 Å². The molecule has 156 valence electrons. The van der Waals surface area contributed by atoms with Crippen LogP contribution >= 0.6 is 0 Å². The first-order valence-corrected chi connectivity index (χ1v) is 11.3. The number of esters is 1. The molecule has 1 aromatic heterocycles. The van der Waals surface area contributed by atoms with Crippen LogP contribution in [0.1, 0.15) is 35.8 Å². The number of sulfonamides is 1. The third-order valence-electron chi connectivity index (χ3n) is 5.31. The quantitative estimate of drug-likeness (QED) is 0.645. The number of ether oxygens (including phenoxy) is 1. The lowest BCUT2D eigenvalue weighted by Gasteiger charge is -2.34. The zero-order valence-corrected chi connectivity index (χ0v) is 17.6. The summed E-state index contributed by atoms with van der Waals surface area (Å²) in [6.45, 7) is 4.71. The van der Waals surface area contributed by atoms with Crippen LogP contribution < -0.4 is 4.31 Å². The highest BCUT2D eigenvalue weighted by Crippen LogP contribution is 2.27. The van der Waals surface area contributed by atoms with Crippen molar-refractivity contribution in [3.8, 4) is 0 Å². The highest BCUT2D eigenvalue weighted by atomic mass is 32.2. The van der Waals surface area contributed by atoms with Gasteiger partial charge in [-0.05, 0) is 56.7 Å². The van der Waals surface area contributed by atoms with Crippen LogP contribution in [0, 0.1) is 0 Å². The van der Waals surface area contributed by atoms with Gasteiger partial charge in [-0.25, -0.2) is 13.2 Å². The molecule has 0 amide bonds. The van der Waals surface area contributed by atoms with Gasteiger partial charge in [0.15, 0.2) is 0 Å². The molecule has 8 heteroatoms. The number of likely N-dealkylation sites (tertiary alicyclic amines) is 1. The van der Waals surface area contributed by atoms with Crippen molar-refractivity contribution in [2.24, 2.45) is 0 Å². The van der Waals surface area contributed by atoms with Crippen LogP contribution in [0.3, 0.4) is 0 Å². The summed E-state index contributed by atoms with van der Waals surface area (Å²) >= 11 is 0. The van der Waals surface area contributed by atoms with Gasteiger partial charge in [-0.15, -0.1) is 0 Å². The van der Waals surface area contributed by atoms with E-state index in [9.17, 15) is 13.2 Å². The molecule has 2 aromatic rings. The lowest BCUT2D eigenvalue weighted by atomic mass is 10.1. The number of aromatic nitrogens is 1. The fraction of sp³-hybridized carbons (Fsp3) is 0.429. The van der Waals surface area contributed by atoms with Gasteiger partial charge in [0.05, 0.1) is 35.8 Å². The molecule has 0 N–H and O–H groups in total. The van der Waals surface area contributed by atoms with E-state index in [1.54, 1.807) is 24.3 Å². The fourth-order valence-electron chi connectivity index (χ4n) is 3.53. The van der Waals surface area contributed by atoms with Crippen LogP contribution in [-0.2, 0) is 21.3 Å². The van der Waals surface area contributed by atoms with Crippen molar-refractivity contribution in [2.75, 3.05) is 31.0 Å². The Morgan fingerprint density at radius 2 is 1.86 bits per heavy atom. The molecular weight excluding hydrogens is 390 g/mol. The number of methoxy groups -OCH3 is 1. The lowest BCUT2D eigenvalue weighted by molar-refractivity contribution is 0.0600. The maximum atomic E-state index is 13.5. The zero-order valence-electron chi connectivity index (χ0n) is 16.8. The Morgan fingerprint density at radius 1 is 1.17 bits per heavy atom. The maximum absolute atomic E-state index is 13.5. The third kappa shape index (κ3) is 4.94. The summed E-state index contributed by atoms with van der Waals surface area (Å²) < 4.78 is 33.2. The molecule has 3 rings (SSSR count). The largest absolute Gasteiger partial charge is 0.465 e. The molecule has 0 saturated carbocycles. The van der Waals surface area contributed by atoms with E-state index in [-0.39, 0.29) is 6.54 Å². The summed E-state index contributed by atoms with van der Waals surface area (Å²) in [5, 5.41) is -0.417. The fourth-order valence-corrected chi connectivity index (χ4v) is 5.42. The van der Waals surface area contributed by atoms with Crippen molar-refractivity contribution in [1.29, 1.82) is 0 Å². The van der Waals surface area contributed by atoms with Gasteiger partial charge in [-0.2, -0.15) is 0 Å². The number of carbonyl (C=O) groups is 1. The van der Waals surface area contributed by atoms with E-state index in [0.29, 0.717) is 29.8 Å². The molecule has 0 spiro atoms. The van der Waals surface area contributed by atoms with E-state index in [4.69, 9.17) is 0 Å². The SMILES string of the molecule is CCN1CCC(S(=O)(=O)N(Cc2ccc(C(=O)OC)cn2)c2ccccc2)CC1. The molecule has 1 saturated heterocycles. The molecule has 0 bridgehead atoms. The van der Waals surface area contributed by atoms with Crippen LogP contribution in [-0.4, -0.2) is 56.3 Å². The minimum Gasteiger partial charge on any atom is -0.465 e. The number of nitrogens with zero attached hydrogens (tertiary/aromatic N) is 3. The second-order valence-electron chi connectivity index (χ2n) is 7.05. The molecule has 1 aliphatic rings. The van der Waals surface area contributed by atoms with Gasteiger partial charge in [0.2, 0.25) is 10.0 Å². The van der Waals surface area contributed by atoms with Crippen LogP contribution in [0.25, 0.3) is 0 Å². The van der Waals surface area contributed by atoms with Gasteiger partial charge < -0.3 is 9.64 Å². The molecule has 29 heavy (non-hydrogen) atoms. The van der Waals surface area contributed by atoms with Gasteiger partial charge in [-0.3, -0.25) is 9.29 Å². The molecule has 1 aromatic carbocycles. The predicted octanol–water partition coefficient (Wildman–Crippen LogP) is 2.69. The van der Waals surface area contributed by atoms with Gasteiger partial charge in [0.1, 0.15) is 0 Å². The topological polar surface area (TPSA) is 79.8 Å². The Morgan fingerprint density at radius 3 is 2.41 bits per heavy atom. The number of rotatable bonds is 7. The van der Waals surface area contributed by atoms with Crippen molar-refractivity contribution in [2.45, 2.75) is 31.6 Å². The maximum Gasteiger partial charge on any atom is 0.339 e. The minimum atomic E-state index is -3.56. The smallest absolute Gasteiger partial charge is 0.339 e. The van der Waals surface area contributed by atoms with Gasteiger partial charge in [0, 0.05) is 6.20 Å². The first-order valence-electron chi connectivity index (χ1n) is 9.78. The molecule has 1 fully saturated rings. The summed E-state index contributed by atoms with van der Waals surface area (Å²) in [5.41, 5.74) is 1.51. The Hall–Kier alpha value is -2.45. The normalized spacial score (nSPS) is 15.8. The number of carbonyl (C=O) groups excluding carboxylic acids is 1. The van der Waals surface area contributed by atoms with Crippen LogP contribution in [0.4, 0.5) is 5.69 Å². The van der Waals surface area contributed by atoms with Crippen molar-refractivity contribution in [3.05, 3.63) is 59.9 Å². The van der Waals surface area contributed by atoms with Gasteiger partial charge in [0.25, 0.3) is 0 Å². The molecule has 7 nitrogen and oxygen atoms in total. The van der Waals surface area contributed by atoms with Crippen molar-refractivity contribution in [1.82, 2.24) is 9.88 Å². The number of pyridine rings is 1. The Kier molecular flexibility index (Phi) is 6.87. The Bertz CT molecular complexity index is 909. The average molecular weight is 418 g/mol. The van der Waals surface area contributed by atoms with Crippen LogP contribution in [0.2, 0.25) is 0 Å². The van der Waals surface area contributed by atoms with E-state index in [1.165, 1.54) is 17.6 Å². The summed E-state index contributed by atoms with van der Waals surface area (Å²) in [5.74, 6) is -0.473. The standard InChI is InChI=1S/C21H27N3O4S/c1-3-23-13-11-20(12-14-23)29(26,27)24(19-7-5-4-6-8-19)16-18-10-9-17(15-22-18)21(25)28-2/h4-10,15,20H,3,11-14,16H2,1-2H3. The third-order valence-corrected chi connectivity index (χ3v) is 7.57. The molecule has 2 heterocycles.